The zero-order chi connectivity index (χ0) is 15.6. The number of aromatic nitrogens is 1. The highest BCUT2D eigenvalue weighted by molar-refractivity contribution is 5.91. The van der Waals surface area contributed by atoms with E-state index in [0.29, 0.717) is 23.5 Å². The molecule has 1 heterocycles. The number of hydrogen-bond donors (Lipinski definition) is 0. The Balaban J connectivity index is 2.36. The van der Waals surface area contributed by atoms with Crippen molar-refractivity contribution in [2.24, 2.45) is 11.3 Å². The molecular formula is C18H27NO2. The molecule has 0 amide bonds. The van der Waals surface area contributed by atoms with Gasteiger partial charge in [-0.25, -0.2) is 4.79 Å². The third-order valence-corrected chi connectivity index (χ3v) is 4.52. The fourth-order valence-electron chi connectivity index (χ4n) is 3.10. The standard InChI is InChI=1S/C18H27NO2/c1-6-15-14(17(20)21-7-2)11-12-10-13(18(3,4)5)8-9-16(12)19-15/h11,13H,6-10H2,1-5H3. The number of carbonyl (C=O) groups excluding carboxylic acids is 1. The Morgan fingerprint density at radius 2 is 2.10 bits per heavy atom. The van der Waals surface area contributed by atoms with Gasteiger partial charge in [0.2, 0.25) is 0 Å². The van der Waals surface area contributed by atoms with Crippen LogP contribution < -0.4 is 0 Å². The summed E-state index contributed by atoms with van der Waals surface area (Å²) in [5.74, 6) is 0.414. The normalized spacial score (nSPS) is 18.2. The first kappa shape index (κ1) is 16.0. The second-order valence-corrected chi connectivity index (χ2v) is 6.97. The maximum absolute atomic E-state index is 12.1. The summed E-state index contributed by atoms with van der Waals surface area (Å²) in [7, 11) is 0. The van der Waals surface area contributed by atoms with Crippen molar-refractivity contribution in [2.45, 2.75) is 60.3 Å². The fourth-order valence-corrected chi connectivity index (χ4v) is 3.10. The predicted molar refractivity (Wildman–Crippen MR) is 84.5 cm³/mol. The number of hydrogen-bond acceptors (Lipinski definition) is 3. The molecule has 1 aromatic rings. The molecular weight excluding hydrogens is 262 g/mol. The zero-order valence-corrected chi connectivity index (χ0v) is 14.0. The molecule has 0 radical (unpaired) electrons. The van der Waals surface area contributed by atoms with Crippen molar-refractivity contribution in [3.05, 3.63) is 28.6 Å². The molecule has 21 heavy (non-hydrogen) atoms. The van der Waals surface area contributed by atoms with E-state index in [0.717, 1.165) is 25.0 Å². The third kappa shape index (κ3) is 3.45. The van der Waals surface area contributed by atoms with Gasteiger partial charge in [0, 0.05) is 5.69 Å². The van der Waals surface area contributed by atoms with Gasteiger partial charge in [0.1, 0.15) is 0 Å². The van der Waals surface area contributed by atoms with Gasteiger partial charge in [-0.2, -0.15) is 0 Å². The number of pyridine rings is 1. The van der Waals surface area contributed by atoms with Gasteiger partial charge < -0.3 is 4.74 Å². The van der Waals surface area contributed by atoms with E-state index in [1.54, 1.807) is 0 Å². The largest absolute Gasteiger partial charge is 0.462 e. The van der Waals surface area contributed by atoms with Gasteiger partial charge in [0.25, 0.3) is 0 Å². The van der Waals surface area contributed by atoms with Gasteiger partial charge >= 0.3 is 5.97 Å². The Labute approximate surface area is 128 Å². The van der Waals surface area contributed by atoms with Crippen LogP contribution in [0.2, 0.25) is 0 Å². The molecule has 3 nitrogen and oxygen atoms in total. The summed E-state index contributed by atoms with van der Waals surface area (Å²) >= 11 is 0. The van der Waals surface area contributed by atoms with E-state index in [4.69, 9.17) is 9.72 Å². The van der Waals surface area contributed by atoms with Crippen molar-refractivity contribution in [1.82, 2.24) is 4.98 Å². The Bertz CT molecular complexity index is 529. The summed E-state index contributed by atoms with van der Waals surface area (Å²) in [4.78, 5) is 16.9. The SMILES string of the molecule is CCOC(=O)c1cc2c(nc1CC)CCC(C(C)(C)C)C2. The molecule has 3 heteroatoms. The molecule has 0 N–H and O–H groups in total. The van der Waals surface area contributed by atoms with Crippen molar-refractivity contribution in [3.8, 4) is 0 Å². The second-order valence-electron chi connectivity index (χ2n) is 6.97. The highest BCUT2D eigenvalue weighted by atomic mass is 16.5. The summed E-state index contributed by atoms with van der Waals surface area (Å²) in [5, 5.41) is 0. The Morgan fingerprint density at radius 3 is 2.67 bits per heavy atom. The summed E-state index contributed by atoms with van der Waals surface area (Å²) < 4.78 is 5.18. The van der Waals surface area contributed by atoms with E-state index >= 15 is 0 Å². The molecule has 0 spiro atoms. The van der Waals surface area contributed by atoms with E-state index in [-0.39, 0.29) is 5.97 Å². The van der Waals surface area contributed by atoms with E-state index < -0.39 is 0 Å². The van der Waals surface area contributed by atoms with Crippen molar-refractivity contribution in [2.75, 3.05) is 6.61 Å². The molecule has 1 aromatic heterocycles. The number of fused-ring (bicyclic) bond motifs is 1. The molecule has 1 atom stereocenters. The zero-order valence-electron chi connectivity index (χ0n) is 14.0. The van der Waals surface area contributed by atoms with Crippen molar-refractivity contribution >= 4 is 5.97 Å². The van der Waals surface area contributed by atoms with Gasteiger partial charge in [-0.1, -0.05) is 27.7 Å². The topological polar surface area (TPSA) is 39.2 Å². The number of ether oxygens (including phenoxy) is 1. The smallest absolute Gasteiger partial charge is 0.339 e. The fraction of sp³-hybridized carbons (Fsp3) is 0.667. The number of nitrogens with zero attached hydrogens (tertiary/aromatic N) is 1. The monoisotopic (exact) mass is 289 g/mol. The molecule has 0 fully saturated rings. The molecule has 116 valence electrons. The molecule has 0 aliphatic heterocycles. The van der Waals surface area contributed by atoms with Crippen molar-refractivity contribution in [3.63, 3.8) is 0 Å². The van der Waals surface area contributed by atoms with Crippen LogP contribution in [0.5, 0.6) is 0 Å². The first-order chi connectivity index (χ1) is 9.86. The van der Waals surface area contributed by atoms with Crippen LogP contribution in [0.25, 0.3) is 0 Å². The maximum Gasteiger partial charge on any atom is 0.339 e. The molecule has 1 unspecified atom stereocenters. The quantitative estimate of drug-likeness (QED) is 0.790. The number of carbonyl (C=O) groups is 1. The lowest BCUT2D eigenvalue weighted by Crippen LogP contribution is -2.28. The van der Waals surface area contributed by atoms with Crippen molar-refractivity contribution < 1.29 is 9.53 Å². The lowest BCUT2D eigenvalue weighted by Gasteiger charge is -2.34. The van der Waals surface area contributed by atoms with Crippen LogP contribution in [0.1, 0.15) is 68.3 Å². The first-order valence-corrected chi connectivity index (χ1v) is 8.05. The van der Waals surface area contributed by atoms with Crippen molar-refractivity contribution in [1.29, 1.82) is 0 Å². The van der Waals surface area contributed by atoms with Crippen LogP contribution in [0.4, 0.5) is 0 Å². The van der Waals surface area contributed by atoms with E-state index in [1.807, 2.05) is 19.9 Å². The molecule has 2 rings (SSSR count). The van der Waals surface area contributed by atoms with Crippen LogP contribution in [0, 0.1) is 11.3 Å². The number of aryl methyl sites for hydroxylation is 2. The number of esters is 1. The van der Waals surface area contributed by atoms with Crippen LogP contribution in [0.3, 0.4) is 0 Å². The van der Waals surface area contributed by atoms with Crippen LogP contribution in [-0.4, -0.2) is 17.6 Å². The minimum Gasteiger partial charge on any atom is -0.462 e. The highest BCUT2D eigenvalue weighted by Crippen LogP contribution is 2.37. The van der Waals surface area contributed by atoms with Gasteiger partial charge in [0.05, 0.1) is 17.9 Å². The average Bonchev–Trinajstić information content (AvgIpc) is 2.44. The van der Waals surface area contributed by atoms with Gasteiger partial charge in [-0.15, -0.1) is 0 Å². The minimum atomic E-state index is -0.234. The van der Waals surface area contributed by atoms with E-state index in [2.05, 4.69) is 20.8 Å². The van der Waals surface area contributed by atoms with E-state index in [9.17, 15) is 4.79 Å². The maximum atomic E-state index is 12.1. The first-order valence-electron chi connectivity index (χ1n) is 8.05. The van der Waals surface area contributed by atoms with Crippen LogP contribution in [0.15, 0.2) is 6.07 Å². The Hall–Kier alpha value is -1.38. The molecule has 1 aliphatic rings. The minimum absolute atomic E-state index is 0.234. The Morgan fingerprint density at radius 1 is 1.38 bits per heavy atom. The summed E-state index contributed by atoms with van der Waals surface area (Å²) in [6.07, 6.45) is 3.99. The van der Waals surface area contributed by atoms with Gasteiger partial charge in [-0.3, -0.25) is 4.98 Å². The molecule has 0 aromatic carbocycles. The van der Waals surface area contributed by atoms with Crippen LogP contribution >= 0.6 is 0 Å². The summed E-state index contributed by atoms with van der Waals surface area (Å²) in [6.45, 7) is 11.2. The third-order valence-electron chi connectivity index (χ3n) is 4.52. The van der Waals surface area contributed by atoms with Crippen LogP contribution in [-0.2, 0) is 24.0 Å². The second kappa shape index (κ2) is 6.17. The molecule has 0 saturated heterocycles. The summed E-state index contributed by atoms with van der Waals surface area (Å²) in [6, 6.07) is 2.04. The summed E-state index contributed by atoms with van der Waals surface area (Å²) in [5.41, 5.74) is 4.25. The van der Waals surface area contributed by atoms with Gasteiger partial charge in [-0.05, 0) is 55.6 Å². The van der Waals surface area contributed by atoms with Gasteiger partial charge in [0.15, 0.2) is 0 Å². The molecule has 1 aliphatic carbocycles. The van der Waals surface area contributed by atoms with E-state index in [1.165, 1.54) is 17.7 Å². The lowest BCUT2D eigenvalue weighted by atomic mass is 9.71. The predicted octanol–water partition coefficient (Wildman–Crippen LogP) is 3.97. The molecule has 0 saturated carbocycles. The number of rotatable bonds is 3. The molecule has 0 bridgehead atoms. The average molecular weight is 289 g/mol. The highest BCUT2D eigenvalue weighted by Gasteiger charge is 2.30. The Kier molecular flexibility index (Phi) is 4.70. The lowest BCUT2D eigenvalue weighted by molar-refractivity contribution is 0.0524.